The Bertz CT molecular complexity index is 305. The molecule has 0 unspecified atom stereocenters. The summed E-state index contributed by atoms with van der Waals surface area (Å²) in [7, 11) is 0. The molecule has 0 bridgehead atoms. The van der Waals surface area contributed by atoms with Crippen LogP contribution in [0, 0.1) is 0 Å². The van der Waals surface area contributed by atoms with Crippen molar-refractivity contribution in [1.29, 1.82) is 0 Å². The van der Waals surface area contributed by atoms with Gasteiger partial charge in [0.2, 0.25) is 0 Å². The fraction of sp³-hybridized carbons (Fsp3) is 1.00. The van der Waals surface area contributed by atoms with Crippen LogP contribution in [0.4, 0.5) is 22.0 Å². The number of halogens is 5. The first-order chi connectivity index (χ1) is 10.0. The number of aliphatic hydroxyl groups is 1. The summed E-state index contributed by atoms with van der Waals surface area (Å²) in [5.74, 6) is -5.17. The fourth-order valence-corrected chi connectivity index (χ4v) is 2.30. The van der Waals surface area contributed by atoms with Gasteiger partial charge in [-0.15, -0.1) is 0 Å². The van der Waals surface area contributed by atoms with Crippen LogP contribution in [0.2, 0.25) is 0 Å². The van der Waals surface area contributed by atoms with Crippen molar-refractivity contribution in [2.75, 3.05) is 13.1 Å². The van der Waals surface area contributed by atoms with E-state index < -0.39 is 17.8 Å². The van der Waals surface area contributed by atoms with E-state index in [-0.39, 0.29) is 13.1 Å². The van der Waals surface area contributed by atoms with Crippen LogP contribution in [0.3, 0.4) is 0 Å². The minimum Gasteiger partial charge on any atom is -0.370 e. The van der Waals surface area contributed by atoms with Crippen LogP contribution in [0.15, 0.2) is 0 Å². The molecule has 2 nitrogen and oxygen atoms in total. The molecule has 0 spiro atoms. The lowest BCUT2D eigenvalue weighted by Gasteiger charge is -2.42. The van der Waals surface area contributed by atoms with Gasteiger partial charge in [-0.2, -0.15) is 22.0 Å². The summed E-state index contributed by atoms with van der Waals surface area (Å²) >= 11 is 0. The average Bonchev–Trinajstić information content (AvgIpc) is 2.40. The number of hydrogen-bond acceptors (Lipinski definition) is 2. The van der Waals surface area contributed by atoms with Gasteiger partial charge in [0.05, 0.1) is 0 Å². The molecule has 0 amide bonds. The van der Waals surface area contributed by atoms with Crippen LogP contribution in [0.5, 0.6) is 0 Å². The third-order valence-corrected chi connectivity index (χ3v) is 3.88. The van der Waals surface area contributed by atoms with Gasteiger partial charge >= 0.3 is 12.1 Å². The van der Waals surface area contributed by atoms with Gasteiger partial charge in [-0.05, 0) is 19.8 Å². The van der Waals surface area contributed by atoms with E-state index >= 15 is 0 Å². The first-order valence-corrected chi connectivity index (χ1v) is 7.94. The molecule has 0 fully saturated rings. The standard InChI is InChI=1S/C15H28F5NO/c1-4-6-8-10-12-21(11-9-7-5-2)13(3,22)14(16,17)15(18,19)20/h22H,4-12H2,1-3H3/t13-/m1/s1. The van der Waals surface area contributed by atoms with Crippen LogP contribution >= 0.6 is 0 Å². The zero-order valence-electron chi connectivity index (χ0n) is 13.6. The molecule has 0 rings (SSSR count). The van der Waals surface area contributed by atoms with E-state index in [1.54, 1.807) is 0 Å². The topological polar surface area (TPSA) is 23.5 Å². The fourth-order valence-electron chi connectivity index (χ4n) is 2.30. The highest BCUT2D eigenvalue weighted by molar-refractivity contribution is 4.94. The molecular weight excluding hydrogens is 305 g/mol. The molecule has 0 aliphatic rings. The second kappa shape index (κ2) is 9.01. The maximum atomic E-state index is 13.6. The highest BCUT2D eigenvalue weighted by Gasteiger charge is 2.69. The molecule has 1 atom stereocenters. The molecular formula is C15H28F5NO. The molecule has 22 heavy (non-hydrogen) atoms. The first-order valence-electron chi connectivity index (χ1n) is 7.94. The second-order valence-electron chi connectivity index (χ2n) is 5.85. The Balaban J connectivity index is 5.01. The van der Waals surface area contributed by atoms with Gasteiger partial charge in [-0.25, -0.2) is 0 Å². The van der Waals surface area contributed by atoms with E-state index in [9.17, 15) is 27.1 Å². The predicted molar refractivity (Wildman–Crippen MR) is 76.9 cm³/mol. The van der Waals surface area contributed by atoms with Crippen molar-refractivity contribution in [2.24, 2.45) is 0 Å². The summed E-state index contributed by atoms with van der Waals surface area (Å²) < 4.78 is 65.0. The van der Waals surface area contributed by atoms with E-state index in [0.717, 1.165) is 37.0 Å². The van der Waals surface area contributed by atoms with Crippen molar-refractivity contribution in [3.05, 3.63) is 0 Å². The summed E-state index contributed by atoms with van der Waals surface area (Å²) in [6.45, 7) is 4.51. The molecule has 0 radical (unpaired) electrons. The average molecular weight is 333 g/mol. The third-order valence-electron chi connectivity index (χ3n) is 3.88. The molecule has 0 aromatic rings. The van der Waals surface area contributed by atoms with Gasteiger partial charge in [0.1, 0.15) is 0 Å². The lowest BCUT2D eigenvalue weighted by molar-refractivity contribution is -0.368. The monoisotopic (exact) mass is 333 g/mol. The van der Waals surface area contributed by atoms with Gasteiger partial charge in [-0.1, -0.05) is 46.0 Å². The van der Waals surface area contributed by atoms with Crippen molar-refractivity contribution in [3.8, 4) is 0 Å². The highest BCUT2D eigenvalue weighted by Crippen LogP contribution is 2.45. The van der Waals surface area contributed by atoms with Crippen molar-refractivity contribution >= 4 is 0 Å². The molecule has 0 heterocycles. The van der Waals surface area contributed by atoms with Crippen LogP contribution in [-0.4, -0.2) is 40.9 Å². The van der Waals surface area contributed by atoms with E-state index in [0.29, 0.717) is 19.8 Å². The van der Waals surface area contributed by atoms with Crippen molar-refractivity contribution in [3.63, 3.8) is 0 Å². The molecule has 7 heteroatoms. The Morgan fingerprint density at radius 2 is 1.18 bits per heavy atom. The first kappa shape index (κ1) is 21.6. The molecule has 134 valence electrons. The lowest BCUT2D eigenvalue weighted by atomic mass is 10.0. The van der Waals surface area contributed by atoms with Crippen molar-refractivity contribution in [1.82, 2.24) is 4.90 Å². The van der Waals surface area contributed by atoms with Gasteiger partial charge in [0.15, 0.2) is 5.72 Å². The quantitative estimate of drug-likeness (QED) is 0.328. The number of unbranched alkanes of at least 4 members (excludes halogenated alkanes) is 5. The van der Waals surface area contributed by atoms with Crippen molar-refractivity contribution < 1.29 is 27.1 Å². The number of nitrogens with zero attached hydrogens (tertiary/aromatic N) is 1. The number of rotatable bonds is 11. The van der Waals surface area contributed by atoms with Gasteiger partial charge in [0, 0.05) is 13.1 Å². The van der Waals surface area contributed by atoms with Gasteiger partial charge < -0.3 is 5.11 Å². The van der Waals surface area contributed by atoms with Crippen LogP contribution in [-0.2, 0) is 0 Å². The van der Waals surface area contributed by atoms with Crippen LogP contribution in [0.1, 0.15) is 65.7 Å². The summed E-state index contributed by atoms with van der Waals surface area (Å²) in [5.41, 5.74) is -3.23. The predicted octanol–water partition coefficient (Wildman–Crippen LogP) is 4.97. The van der Waals surface area contributed by atoms with E-state index in [1.807, 2.05) is 13.8 Å². The molecule has 0 aromatic heterocycles. The largest absolute Gasteiger partial charge is 0.457 e. The van der Waals surface area contributed by atoms with Crippen LogP contribution < -0.4 is 0 Å². The number of alkyl halides is 5. The van der Waals surface area contributed by atoms with Gasteiger partial charge in [0.25, 0.3) is 0 Å². The summed E-state index contributed by atoms with van der Waals surface area (Å²) in [6, 6.07) is 0. The van der Waals surface area contributed by atoms with E-state index in [2.05, 4.69) is 0 Å². The Labute approximate surface area is 129 Å². The highest BCUT2D eigenvalue weighted by atomic mass is 19.4. The summed E-state index contributed by atoms with van der Waals surface area (Å²) in [4.78, 5) is 0.881. The maximum Gasteiger partial charge on any atom is 0.457 e. The lowest BCUT2D eigenvalue weighted by Crippen LogP contribution is -2.64. The Morgan fingerprint density at radius 1 is 0.773 bits per heavy atom. The normalized spacial score (nSPS) is 16.1. The second-order valence-corrected chi connectivity index (χ2v) is 5.85. The molecule has 0 saturated heterocycles. The minimum absolute atomic E-state index is 0.0264. The maximum absolute atomic E-state index is 13.6. The smallest absolute Gasteiger partial charge is 0.370 e. The SMILES string of the molecule is CCCCCCN(CCCCC)[C@](C)(O)C(F)(F)C(F)(F)F. The zero-order chi connectivity index (χ0) is 17.4. The van der Waals surface area contributed by atoms with E-state index in [4.69, 9.17) is 0 Å². The molecule has 0 saturated carbocycles. The summed E-state index contributed by atoms with van der Waals surface area (Å²) in [5, 5.41) is 9.95. The van der Waals surface area contributed by atoms with Crippen LogP contribution in [0.25, 0.3) is 0 Å². The third kappa shape index (κ3) is 5.65. The zero-order valence-corrected chi connectivity index (χ0v) is 13.6. The van der Waals surface area contributed by atoms with Crippen molar-refractivity contribution in [2.45, 2.75) is 83.5 Å². The number of hydrogen-bond donors (Lipinski definition) is 1. The molecule has 1 N–H and O–H groups in total. The summed E-state index contributed by atoms with van der Waals surface area (Å²) in [6.07, 6.45) is -0.693. The molecule has 0 aliphatic carbocycles. The molecule has 0 aliphatic heterocycles. The Morgan fingerprint density at radius 3 is 1.59 bits per heavy atom. The van der Waals surface area contributed by atoms with Gasteiger partial charge in [-0.3, -0.25) is 4.90 Å². The van der Waals surface area contributed by atoms with E-state index in [1.165, 1.54) is 0 Å². The Kier molecular flexibility index (Phi) is 8.83. The molecule has 0 aromatic carbocycles. The minimum atomic E-state index is -5.77. The Hall–Kier alpha value is -0.430.